The highest BCUT2D eigenvalue weighted by molar-refractivity contribution is 5.89. The average molecular weight is 354 g/mol. The van der Waals surface area contributed by atoms with E-state index in [1.807, 2.05) is 0 Å². The Hall–Kier alpha value is -1.72. The summed E-state index contributed by atoms with van der Waals surface area (Å²) in [6.07, 6.45) is 8.96. The summed E-state index contributed by atoms with van der Waals surface area (Å²) in [4.78, 5) is 8.90. The summed E-state index contributed by atoms with van der Waals surface area (Å²) < 4.78 is 5.45. The van der Waals surface area contributed by atoms with Crippen molar-refractivity contribution in [1.29, 1.82) is 0 Å². The number of fused-ring (bicyclic) bond motifs is 1. The van der Waals surface area contributed by atoms with Gasteiger partial charge < -0.3 is 15.4 Å². The molecule has 140 valence electrons. The normalized spacial score (nSPS) is 24.7. The molecule has 2 heterocycles. The van der Waals surface area contributed by atoms with Gasteiger partial charge in [0.25, 0.3) is 0 Å². The number of anilines is 1. The molecule has 5 heteroatoms. The number of ether oxygens (including phenoxy) is 1. The first kappa shape index (κ1) is 17.7. The molecule has 1 saturated carbocycles. The highest BCUT2D eigenvalue weighted by Crippen LogP contribution is 2.26. The third-order valence-electron chi connectivity index (χ3n) is 5.89. The molecule has 0 radical (unpaired) electrons. The quantitative estimate of drug-likeness (QED) is 0.858. The minimum atomic E-state index is 0.509. The summed E-state index contributed by atoms with van der Waals surface area (Å²) in [5.41, 5.74) is 2.26. The molecule has 5 nitrogen and oxygen atoms in total. The molecule has 1 saturated heterocycles. The largest absolute Gasteiger partial charge is 0.381 e. The molecule has 2 fully saturated rings. The van der Waals surface area contributed by atoms with E-state index in [1.54, 1.807) is 6.33 Å². The molecule has 0 amide bonds. The van der Waals surface area contributed by atoms with E-state index in [-0.39, 0.29) is 0 Å². The van der Waals surface area contributed by atoms with Gasteiger partial charge in [0.1, 0.15) is 12.1 Å². The van der Waals surface area contributed by atoms with Crippen LogP contribution in [-0.4, -0.2) is 41.8 Å². The lowest BCUT2D eigenvalue weighted by molar-refractivity contribution is 0.0649. The van der Waals surface area contributed by atoms with Gasteiger partial charge in [-0.05, 0) is 70.0 Å². The van der Waals surface area contributed by atoms with Crippen LogP contribution < -0.4 is 10.6 Å². The first-order chi connectivity index (χ1) is 12.8. The van der Waals surface area contributed by atoms with Crippen molar-refractivity contribution < 1.29 is 4.74 Å². The minimum absolute atomic E-state index is 0.509. The molecule has 2 aromatic rings. The summed E-state index contributed by atoms with van der Waals surface area (Å²) in [5, 5.41) is 8.62. The zero-order valence-corrected chi connectivity index (χ0v) is 15.7. The molecular weight excluding hydrogens is 324 g/mol. The Balaban J connectivity index is 1.29. The number of hydrogen-bond donors (Lipinski definition) is 2. The fraction of sp³-hybridized carbons (Fsp3) is 0.619. The number of aromatic nitrogens is 2. The third kappa shape index (κ3) is 4.33. The second kappa shape index (κ2) is 8.31. The van der Waals surface area contributed by atoms with E-state index < -0.39 is 0 Å². The maximum absolute atomic E-state index is 5.45. The Morgan fingerprint density at radius 2 is 1.77 bits per heavy atom. The van der Waals surface area contributed by atoms with Crippen LogP contribution in [0.4, 0.5) is 5.82 Å². The van der Waals surface area contributed by atoms with Crippen LogP contribution in [0.3, 0.4) is 0 Å². The van der Waals surface area contributed by atoms with Crippen molar-refractivity contribution in [2.24, 2.45) is 5.92 Å². The average Bonchev–Trinajstić information content (AvgIpc) is 2.69. The molecular formula is C21H30N4O. The molecule has 0 atom stereocenters. The van der Waals surface area contributed by atoms with Crippen molar-refractivity contribution in [3.05, 3.63) is 30.1 Å². The highest BCUT2D eigenvalue weighted by Gasteiger charge is 2.23. The smallest absolute Gasteiger partial charge is 0.137 e. The van der Waals surface area contributed by atoms with Crippen LogP contribution in [0.15, 0.2) is 24.5 Å². The lowest BCUT2D eigenvalue weighted by Crippen LogP contribution is -2.40. The Kier molecular flexibility index (Phi) is 5.65. The number of rotatable bonds is 5. The Labute approximate surface area is 155 Å². The molecule has 26 heavy (non-hydrogen) atoms. The van der Waals surface area contributed by atoms with Crippen molar-refractivity contribution in [3.63, 3.8) is 0 Å². The number of nitrogens with one attached hydrogen (secondary N) is 2. The summed E-state index contributed by atoms with van der Waals surface area (Å²) in [7, 11) is 0. The highest BCUT2D eigenvalue weighted by atomic mass is 16.5. The van der Waals surface area contributed by atoms with Crippen molar-refractivity contribution in [2.75, 3.05) is 25.1 Å². The van der Waals surface area contributed by atoms with Gasteiger partial charge in [0.05, 0.1) is 5.52 Å². The van der Waals surface area contributed by atoms with Crippen molar-refractivity contribution in [3.8, 4) is 0 Å². The number of hydrogen-bond acceptors (Lipinski definition) is 5. The van der Waals surface area contributed by atoms with E-state index in [0.717, 1.165) is 42.4 Å². The summed E-state index contributed by atoms with van der Waals surface area (Å²) in [6, 6.07) is 7.54. The zero-order valence-electron chi connectivity index (χ0n) is 15.7. The predicted molar refractivity (Wildman–Crippen MR) is 105 cm³/mol. The molecule has 1 aliphatic carbocycles. The molecule has 0 spiro atoms. The van der Waals surface area contributed by atoms with Crippen LogP contribution in [0.2, 0.25) is 0 Å². The summed E-state index contributed by atoms with van der Waals surface area (Å²) in [6.45, 7) is 5.15. The van der Waals surface area contributed by atoms with Gasteiger partial charge in [-0.1, -0.05) is 11.6 Å². The molecule has 1 aromatic carbocycles. The second-order valence-corrected chi connectivity index (χ2v) is 7.90. The van der Waals surface area contributed by atoms with Crippen LogP contribution in [-0.2, 0) is 4.74 Å². The van der Waals surface area contributed by atoms with Crippen molar-refractivity contribution >= 4 is 16.7 Å². The standard InChI is InChI=1S/C21H30N4O/c1-15-2-7-20-19(12-15)21(24-14-23-20)25-18-5-3-17(4-6-18)22-13-16-8-10-26-11-9-16/h2,7,12,14,16-18,22H,3-6,8-11,13H2,1H3,(H,23,24,25). The van der Waals surface area contributed by atoms with Crippen LogP contribution in [0.5, 0.6) is 0 Å². The Bertz CT molecular complexity index is 721. The SMILES string of the molecule is Cc1ccc2ncnc(NC3CCC(NCC4CCOCC4)CC3)c2c1. The van der Waals surface area contributed by atoms with Crippen LogP contribution >= 0.6 is 0 Å². The molecule has 0 unspecified atom stereocenters. The number of nitrogens with zero attached hydrogens (tertiary/aromatic N) is 2. The maximum Gasteiger partial charge on any atom is 0.137 e. The van der Waals surface area contributed by atoms with E-state index in [2.05, 4.69) is 45.7 Å². The fourth-order valence-corrected chi connectivity index (χ4v) is 4.20. The lowest BCUT2D eigenvalue weighted by Gasteiger charge is -2.32. The van der Waals surface area contributed by atoms with Crippen LogP contribution in [0.25, 0.3) is 10.9 Å². The first-order valence-corrected chi connectivity index (χ1v) is 10.1. The Morgan fingerprint density at radius 1 is 1.00 bits per heavy atom. The van der Waals surface area contributed by atoms with E-state index >= 15 is 0 Å². The van der Waals surface area contributed by atoms with Crippen molar-refractivity contribution in [2.45, 2.75) is 57.5 Å². The van der Waals surface area contributed by atoms with Gasteiger partial charge in [0, 0.05) is 30.7 Å². The maximum atomic E-state index is 5.45. The van der Waals surface area contributed by atoms with Gasteiger partial charge in [0.15, 0.2) is 0 Å². The predicted octanol–water partition coefficient (Wildman–Crippen LogP) is 3.68. The molecule has 0 bridgehead atoms. The fourth-order valence-electron chi connectivity index (χ4n) is 4.20. The minimum Gasteiger partial charge on any atom is -0.381 e. The van der Waals surface area contributed by atoms with Crippen LogP contribution in [0, 0.1) is 12.8 Å². The van der Waals surface area contributed by atoms with E-state index in [1.165, 1.54) is 44.1 Å². The first-order valence-electron chi connectivity index (χ1n) is 10.1. The lowest BCUT2D eigenvalue weighted by atomic mass is 9.90. The molecule has 1 aromatic heterocycles. The molecule has 2 N–H and O–H groups in total. The van der Waals surface area contributed by atoms with Gasteiger partial charge >= 0.3 is 0 Å². The number of benzene rings is 1. The molecule has 4 rings (SSSR count). The molecule has 1 aliphatic heterocycles. The van der Waals surface area contributed by atoms with Gasteiger partial charge in [0.2, 0.25) is 0 Å². The van der Waals surface area contributed by atoms with Crippen LogP contribution in [0.1, 0.15) is 44.1 Å². The third-order valence-corrected chi connectivity index (χ3v) is 5.89. The monoisotopic (exact) mass is 354 g/mol. The van der Waals surface area contributed by atoms with Gasteiger partial charge in [-0.3, -0.25) is 0 Å². The topological polar surface area (TPSA) is 59.1 Å². The van der Waals surface area contributed by atoms with Gasteiger partial charge in [-0.15, -0.1) is 0 Å². The zero-order chi connectivity index (χ0) is 17.8. The second-order valence-electron chi connectivity index (χ2n) is 7.90. The van der Waals surface area contributed by atoms with Gasteiger partial charge in [-0.25, -0.2) is 9.97 Å². The van der Waals surface area contributed by atoms with Crippen molar-refractivity contribution in [1.82, 2.24) is 15.3 Å². The summed E-state index contributed by atoms with van der Waals surface area (Å²) >= 11 is 0. The molecule has 2 aliphatic rings. The van der Waals surface area contributed by atoms with Gasteiger partial charge in [-0.2, -0.15) is 0 Å². The summed E-state index contributed by atoms with van der Waals surface area (Å²) in [5.74, 6) is 1.78. The van der Waals surface area contributed by atoms with E-state index in [0.29, 0.717) is 12.1 Å². The Morgan fingerprint density at radius 3 is 2.58 bits per heavy atom. The van der Waals surface area contributed by atoms with E-state index in [4.69, 9.17) is 4.74 Å². The van der Waals surface area contributed by atoms with E-state index in [9.17, 15) is 0 Å². The number of aryl methyl sites for hydroxylation is 1.